The van der Waals surface area contributed by atoms with Gasteiger partial charge in [0.15, 0.2) is 17.7 Å². The molecule has 1 aliphatic rings. The average Bonchev–Trinajstić information content (AvgIpc) is 3.10. The molecule has 1 fully saturated rings. The van der Waals surface area contributed by atoms with Gasteiger partial charge in [-0.1, -0.05) is 0 Å². The van der Waals surface area contributed by atoms with Gasteiger partial charge in [0.1, 0.15) is 30.2 Å². The highest BCUT2D eigenvalue weighted by atomic mass is 32.2. The lowest BCUT2D eigenvalue weighted by molar-refractivity contribution is -0.0468. The number of fused-ring (bicyclic) bond motifs is 1. The van der Waals surface area contributed by atoms with Crippen molar-refractivity contribution in [1.29, 1.82) is 0 Å². The van der Waals surface area contributed by atoms with Crippen molar-refractivity contribution in [3.05, 3.63) is 12.7 Å². The number of nitrogens with one attached hydrogen (secondary N) is 1. The molecule has 4 atom stereocenters. The van der Waals surface area contributed by atoms with Crippen LogP contribution in [0.15, 0.2) is 12.7 Å². The minimum Gasteiger partial charge on any atom is -0.387 e. The van der Waals surface area contributed by atoms with Crippen LogP contribution in [0.5, 0.6) is 0 Å². The van der Waals surface area contributed by atoms with Crippen molar-refractivity contribution in [1.82, 2.24) is 24.2 Å². The maximum atomic E-state index is 11.3. The number of nitrogens with two attached hydrogens (primary N) is 1. The van der Waals surface area contributed by atoms with E-state index in [0.717, 1.165) is 0 Å². The molecule has 3 rings (SSSR count). The zero-order chi connectivity index (χ0) is 17.5. The SMILES string of the molecule is CNS(=O)(=O)OCC1OC(n2cnc3c(N)ncnc32)C(O)C1O. The van der Waals surface area contributed by atoms with E-state index in [-0.39, 0.29) is 5.82 Å². The molecule has 2 aromatic rings. The van der Waals surface area contributed by atoms with Gasteiger partial charge in [-0.15, -0.1) is 0 Å². The smallest absolute Gasteiger partial charge is 0.335 e. The van der Waals surface area contributed by atoms with E-state index < -0.39 is 41.5 Å². The number of rotatable bonds is 5. The Hall–Kier alpha value is -1.90. The summed E-state index contributed by atoms with van der Waals surface area (Å²) in [7, 11) is -2.76. The van der Waals surface area contributed by atoms with E-state index in [2.05, 4.69) is 19.1 Å². The Morgan fingerprint density at radius 1 is 1.38 bits per heavy atom. The molecule has 5 N–H and O–H groups in total. The Balaban J connectivity index is 1.83. The van der Waals surface area contributed by atoms with Crippen LogP contribution in [0.25, 0.3) is 11.2 Å². The van der Waals surface area contributed by atoms with Gasteiger partial charge in [0.05, 0.1) is 12.9 Å². The number of hydrogen-bond donors (Lipinski definition) is 4. The first-order valence-corrected chi connectivity index (χ1v) is 8.27. The Bertz CT molecular complexity index is 841. The van der Waals surface area contributed by atoms with Crippen molar-refractivity contribution in [2.24, 2.45) is 0 Å². The Kier molecular flexibility index (Phi) is 4.37. The normalized spacial score (nSPS) is 27.8. The van der Waals surface area contributed by atoms with E-state index in [1.807, 2.05) is 4.72 Å². The van der Waals surface area contributed by atoms with Gasteiger partial charge in [0.25, 0.3) is 0 Å². The summed E-state index contributed by atoms with van der Waals surface area (Å²) in [5, 5.41) is 20.3. The Morgan fingerprint density at radius 2 is 2.12 bits per heavy atom. The molecule has 1 saturated heterocycles. The van der Waals surface area contributed by atoms with Crippen molar-refractivity contribution < 1.29 is 27.6 Å². The van der Waals surface area contributed by atoms with E-state index >= 15 is 0 Å². The van der Waals surface area contributed by atoms with Crippen molar-refractivity contribution in [3.63, 3.8) is 0 Å². The molecule has 0 spiro atoms. The molecule has 1 aliphatic heterocycles. The molecule has 12 nitrogen and oxygen atoms in total. The first kappa shape index (κ1) is 16.9. The van der Waals surface area contributed by atoms with E-state index in [1.54, 1.807) is 0 Å². The monoisotopic (exact) mass is 360 g/mol. The van der Waals surface area contributed by atoms with Gasteiger partial charge in [-0.3, -0.25) is 8.75 Å². The first-order valence-electron chi connectivity index (χ1n) is 6.86. The summed E-state index contributed by atoms with van der Waals surface area (Å²) in [4.78, 5) is 11.9. The number of anilines is 1. The van der Waals surface area contributed by atoms with Crippen LogP contribution in [-0.2, 0) is 19.2 Å². The predicted molar refractivity (Wildman–Crippen MR) is 79.6 cm³/mol. The fourth-order valence-electron chi connectivity index (χ4n) is 2.37. The third-order valence-corrected chi connectivity index (χ3v) is 4.58. The second-order valence-corrected chi connectivity index (χ2v) is 6.62. The third kappa shape index (κ3) is 2.92. The number of nitrogen functional groups attached to an aromatic ring is 1. The summed E-state index contributed by atoms with van der Waals surface area (Å²) in [5.41, 5.74) is 6.32. The molecule has 0 radical (unpaired) electrons. The quantitative estimate of drug-likeness (QED) is 0.446. The second-order valence-electron chi connectivity index (χ2n) is 5.07. The molecule has 0 aromatic carbocycles. The van der Waals surface area contributed by atoms with Crippen LogP contribution >= 0.6 is 0 Å². The van der Waals surface area contributed by atoms with E-state index in [0.29, 0.717) is 11.2 Å². The molecule has 2 aromatic heterocycles. The standard InChI is InChI=1S/C11H16N6O6S/c1-13-24(20,21)22-2-5-7(18)8(19)11(23-5)17-4-16-6-9(12)14-3-15-10(6)17/h3-5,7-8,11,13,18-19H,2H2,1H3,(H2,12,14,15). The minimum atomic E-state index is -3.94. The highest BCUT2D eigenvalue weighted by Crippen LogP contribution is 2.32. The number of aromatic nitrogens is 4. The molecule has 132 valence electrons. The molecule has 3 heterocycles. The molecule has 0 bridgehead atoms. The second kappa shape index (κ2) is 6.19. The van der Waals surface area contributed by atoms with Crippen LogP contribution in [0.1, 0.15) is 6.23 Å². The van der Waals surface area contributed by atoms with Gasteiger partial charge >= 0.3 is 10.3 Å². The number of aliphatic hydroxyl groups excluding tert-OH is 2. The van der Waals surface area contributed by atoms with Gasteiger partial charge in [-0.25, -0.2) is 15.0 Å². The van der Waals surface area contributed by atoms with Gasteiger partial charge in [0.2, 0.25) is 0 Å². The number of hydrogen-bond acceptors (Lipinski definition) is 10. The fourth-order valence-corrected chi connectivity index (χ4v) is 2.80. The van der Waals surface area contributed by atoms with Gasteiger partial charge in [-0.05, 0) is 0 Å². The zero-order valence-corrected chi connectivity index (χ0v) is 13.3. The lowest BCUT2D eigenvalue weighted by Crippen LogP contribution is -2.35. The van der Waals surface area contributed by atoms with Crippen LogP contribution in [0, 0.1) is 0 Å². The van der Waals surface area contributed by atoms with Crippen LogP contribution in [0.3, 0.4) is 0 Å². The van der Waals surface area contributed by atoms with Crippen LogP contribution < -0.4 is 10.5 Å². The van der Waals surface area contributed by atoms with Crippen LogP contribution in [0.2, 0.25) is 0 Å². The van der Waals surface area contributed by atoms with Crippen LogP contribution in [-0.4, -0.2) is 70.1 Å². The summed E-state index contributed by atoms with van der Waals surface area (Å²) < 4.78 is 36.1. The largest absolute Gasteiger partial charge is 0.387 e. The molecule has 4 unspecified atom stereocenters. The van der Waals surface area contributed by atoms with Crippen molar-refractivity contribution in [2.75, 3.05) is 19.4 Å². The Morgan fingerprint density at radius 3 is 2.83 bits per heavy atom. The lowest BCUT2D eigenvalue weighted by Gasteiger charge is -2.16. The molecule has 13 heteroatoms. The lowest BCUT2D eigenvalue weighted by atomic mass is 10.1. The van der Waals surface area contributed by atoms with Crippen molar-refractivity contribution in [2.45, 2.75) is 24.5 Å². The molecule has 0 saturated carbocycles. The molecule has 24 heavy (non-hydrogen) atoms. The number of nitrogens with zero attached hydrogens (tertiary/aromatic N) is 4. The predicted octanol–water partition coefficient (Wildman–Crippen LogP) is -2.49. The van der Waals surface area contributed by atoms with Gasteiger partial charge < -0.3 is 20.7 Å². The number of aliphatic hydroxyl groups is 2. The molecular weight excluding hydrogens is 344 g/mol. The maximum Gasteiger partial charge on any atom is 0.335 e. The first-order chi connectivity index (χ1) is 11.3. The van der Waals surface area contributed by atoms with E-state index in [4.69, 9.17) is 10.5 Å². The zero-order valence-electron chi connectivity index (χ0n) is 12.5. The highest BCUT2D eigenvalue weighted by Gasteiger charge is 2.45. The van der Waals surface area contributed by atoms with Gasteiger partial charge in [0, 0.05) is 7.05 Å². The Labute approximate surface area is 136 Å². The van der Waals surface area contributed by atoms with Crippen LogP contribution in [0.4, 0.5) is 5.82 Å². The van der Waals surface area contributed by atoms with Gasteiger partial charge in [-0.2, -0.15) is 13.1 Å². The molecular formula is C11H16N6O6S. The summed E-state index contributed by atoms with van der Waals surface area (Å²) in [6.45, 7) is -0.471. The molecule has 0 aliphatic carbocycles. The van der Waals surface area contributed by atoms with E-state index in [9.17, 15) is 18.6 Å². The summed E-state index contributed by atoms with van der Waals surface area (Å²) >= 11 is 0. The molecule has 0 amide bonds. The fraction of sp³-hybridized carbons (Fsp3) is 0.545. The summed E-state index contributed by atoms with van der Waals surface area (Å²) in [5.74, 6) is 0.159. The minimum absolute atomic E-state index is 0.159. The summed E-state index contributed by atoms with van der Waals surface area (Å²) in [6, 6.07) is 0. The highest BCUT2D eigenvalue weighted by molar-refractivity contribution is 7.84. The third-order valence-electron chi connectivity index (χ3n) is 3.64. The van der Waals surface area contributed by atoms with E-state index in [1.165, 1.54) is 24.3 Å². The summed E-state index contributed by atoms with van der Waals surface area (Å²) in [6.07, 6.45) is -2.24. The number of imidazole rings is 1. The van der Waals surface area contributed by atoms with Crippen molar-refractivity contribution >= 4 is 27.3 Å². The topological polar surface area (TPSA) is 175 Å². The van der Waals surface area contributed by atoms with Crippen molar-refractivity contribution in [3.8, 4) is 0 Å². The average molecular weight is 360 g/mol. The maximum absolute atomic E-state index is 11.3. The number of ether oxygens (including phenoxy) is 1.